The van der Waals surface area contributed by atoms with Crippen LogP contribution in [-0.2, 0) is 4.65 Å². The van der Waals surface area contributed by atoms with E-state index in [2.05, 4.69) is 12.7 Å². The Hall–Kier alpha value is -0.395. The molecule has 0 saturated heterocycles. The summed E-state index contributed by atoms with van der Waals surface area (Å²) in [7, 11) is 4.18. The second-order valence-corrected chi connectivity index (χ2v) is 3.15. The first-order valence-corrected chi connectivity index (χ1v) is 4.03. The molecule has 0 spiro atoms. The summed E-state index contributed by atoms with van der Waals surface area (Å²) in [6.45, 7) is 1.31. The van der Waals surface area contributed by atoms with Crippen molar-refractivity contribution in [3.8, 4) is 0 Å². The second kappa shape index (κ2) is 4.85. The number of halogens is 6. The Bertz CT molecular complexity index is 308. The molecule has 0 N–H and O–H groups in total. The smallest absolute Gasteiger partial charge is 0.424 e. The van der Waals surface area contributed by atoms with Crippen molar-refractivity contribution in [1.29, 1.82) is 0 Å². The highest BCUT2D eigenvalue weighted by Gasteiger charge is 2.71. The summed E-state index contributed by atoms with van der Waals surface area (Å²) in [5.41, 5.74) is -4.79. The molecular formula is C8H11BF6O. The van der Waals surface area contributed by atoms with Crippen molar-refractivity contribution in [3.05, 3.63) is 0 Å². The zero-order valence-corrected chi connectivity index (χ0v) is 8.46. The summed E-state index contributed by atoms with van der Waals surface area (Å²) >= 11 is 0. The van der Waals surface area contributed by atoms with E-state index in [0.29, 0.717) is 13.8 Å². The molecule has 16 heavy (non-hydrogen) atoms. The van der Waals surface area contributed by atoms with Gasteiger partial charge < -0.3 is 4.65 Å². The summed E-state index contributed by atoms with van der Waals surface area (Å²) in [5.74, 6) is -2.72. The van der Waals surface area contributed by atoms with Crippen LogP contribution in [0.2, 0.25) is 0 Å². The topological polar surface area (TPSA) is 9.23 Å². The molecule has 0 aliphatic carbocycles. The van der Waals surface area contributed by atoms with Gasteiger partial charge in [-0.05, 0) is 12.3 Å². The minimum Gasteiger partial charge on any atom is -0.429 e. The van der Waals surface area contributed by atoms with Crippen LogP contribution < -0.4 is 0 Å². The Morgan fingerprint density at radius 2 is 1.62 bits per heavy atom. The lowest BCUT2D eigenvalue weighted by Crippen LogP contribution is -2.59. The third kappa shape index (κ3) is 2.84. The zero-order valence-electron chi connectivity index (χ0n) is 11.5. The lowest BCUT2D eigenvalue weighted by atomic mass is 9.88. The summed E-state index contributed by atoms with van der Waals surface area (Å²) < 4.78 is 101. The van der Waals surface area contributed by atoms with E-state index in [9.17, 15) is 26.3 Å². The molecule has 1 nitrogen and oxygen atoms in total. The van der Waals surface area contributed by atoms with Gasteiger partial charge in [-0.3, -0.25) is 0 Å². The van der Waals surface area contributed by atoms with Crippen LogP contribution in [-0.4, -0.2) is 26.0 Å². The van der Waals surface area contributed by atoms with Gasteiger partial charge in [-0.2, -0.15) is 26.3 Å². The third-order valence-corrected chi connectivity index (χ3v) is 2.06. The van der Waals surface area contributed by atoms with Gasteiger partial charge >= 0.3 is 12.4 Å². The van der Waals surface area contributed by atoms with Crippen LogP contribution in [0.25, 0.3) is 0 Å². The maximum Gasteiger partial charge on any atom is 0.424 e. The molecule has 0 saturated carbocycles. The molecular weight excluding hydrogens is 237 g/mol. The molecule has 0 amide bonds. The highest BCUT2D eigenvalue weighted by atomic mass is 19.4. The van der Waals surface area contributed by atoms with E-state index in [1.807, 2.05) is 0 Å². The quantitative estimate of drug-likeness (QED) is 0.549. The predicted molar refractivity (Wildman–Crippen MR) is 45.8 cm³/mol. The Morgan fingerprint density at radius 1 is 1.25 bits per heavy atom. The molecule has 0 rings (SSSR count). The minimum absolute atomic E-state index is 0.609. The molecule has 0 aliphatic heterocycles. The van der Waals surface area contributed by atoms with Gasteiger partial charge in [0.05, 0.1) is 0 Å². The third-order valence-electron chi connectivity index (χ3n) is 2.06. The van der Waals surface area contributed by atoms with E-state index in [0.717, 1.165) is 0 Å². The lowest BCUT2D eigenvalue weighted by Gasteiger charge is -2.38. The van der Waals surface area contributed by atoms with Crippen molar-refractivity contribution in [2.24, 2.45) is 5.89 Å². The van der Waals surface area contributed by atoms with Crippen molar-refractivity contribution in [2.45, 2.75) is 44.6 Å². The van der Waals surface area contributed by atoms with E-state index in [4.69, 9.17) is 4.11 Å². The number of hydrogen-bond acceptors (Lipinski definition) is 1. The molecule has 2 radical (unpaired) electrons. The molecule has 0 heterocycles. The summed E-state index contributed by atoms with van der Waals surface area (Å²) in [6.07, 6.45) is -16.5. The summed E-state index contributed by atoms with van der Waals surface area (Å²) in [5, 5.41) is 0. The van der Waals surface area contributed by atoms with Gasteiger partial charge in [-0.1, -0.05) is 20.2 Å². The maximum atomic E-state index is 12.7. The molecule has 1 atom stereocenters. The Balaban J connectivity index is 5.81. The average Bonchev–Trinajstić information content (AvgIpc) is 2.07. The van der Waals surface area contributed by atoms with Crippen molar-refractivity contribution in [3.63, 3.8) is 0 Å². The minimum atomic E-state index is -5.94. The number of alkyl halides is 6. The van der Waals surface area contributed by atoms with Crippen molar-refractivity contribution in [2.75, 3.05) is 0 Å². The van der Waals surface area contributed by atoms with Crippen LogP contribution in [0.4, 0.5) is 26.3 Å². The van der Waals surface area contributed by atoms with Gasteiger partial charge in [-0.25, -0.2) is 0 Å². The molecule has 1 unspecified atom stereocenters. The fourth-order valence-electron chi connectivity index (χ4n) is 0.998. The molecule has 0 aromatic rings. The molecule has 0 aliphatic rings. The lowest BCUT2D eigenvalue weighted by molar-refractivity contribution is -0.361. The molecule has 8 heteroatoms. The van der Waals surface area contributed by atoms with Crippen LogP contribution >= 0.6 is 0 Å². The van der Waals surface area contributed by atoms with E-state index >= 15 is 0 Å². The maximum absolute atomic E-state index is 12.7. The molecule has 0 aromatic carbocycles. The largest absolute Gasteiger partial charge is 0.429 e. The van der Waals surface area contributed by atoms with Gasteiger partial charge in [0.1, 0.15) is 0 Å². The molecule has 0 bridgehead atoms. The van der Waals surface area contributed by atoms with Crippen LogP contribution in [0.3, 0.4) is 0 Å². The van der Waals surface area contributed by atoms with E-state index in [1.165, 1.54) is 0 Å². The Labute approximate surface area is 94.8 Å². The van der Waals surface area contributed by atoms with Crippen LogP contribution in [0.5, 0.6) is 0 Å². The second-order valence-electron chi connectivity index (χ2n) is 3.15. The number of hydrogen-bond donors (Lipinski definition) is 0. The number of rotatable bonds is 4. The van der Waals surface area contributed by atoms with Gasteiger partial charge in [0.25, 0.3) is 8.05 Å². The molecule has 94 valence electrons. The van der Waals surface area contributed by atoms with Crippen LogP contribution in [0.1, 0.15) is 30.8 Å². The average molecular weight is 251 g/mol. The highest BCUT2D eigenvalue weighted by Crippen LogP contribution is 2.49. The molecule has 0 aromatic heterocycles. The van der Waals surface area contributed by atoms with Gasteiger partial charge in [-0.15, -0.1) is 0 Å². The fourth-order valence-corrected chi connectivity index (χ4v) is 0.998. The van der Waals surface area contributed by atoms with E-state index in [-0.39, 0.29) is 0 Å². The first-order valence-electron chi connectivity index (χ1n) is 5.53. The summed E-state index contributed by atoms with van der Waals surface area (Å²) in [6, 6.07) is 0. The fraction of sp³-hybridized carbons (Fsp3) is 1.00. The SMILES string of the molecule is [2H]C([2H])(C)C([2H])(C)CC(O[B])(C(F)(F)F)C(F)(F)F. The van der Waals surface area contributed by atoms with Gasteiger partial charge in [0, 0.05) is 4.11 Å². The monoisotopic (exact) mass is 251 g/mol. The standard InChI is InChI=1S/C8H11BF6O/c1-3-5(2)4-6(16-9,7(10,11)12)8(13,14)15/h5H,3-4H2,1-2H3/i3D2,5D. The van der Waals surface area contributed by atoms with Crippen molar-refractivity contribution in [1.82, 2.24) is 0 Å². The Kier molecular flexibility index (Phi) is 3.26. The Morgan fingerprint density at radius 3 is 1.81 bits per heavy atom. The van der Waals surface area contributed by atoms with Crippen LogP contribution in [0.15, 0.2) is 0 Å². The van der Waals surface area contributed by atoms with Crippen molar-refractivity contribution >= 4 is 8.05 Å². The van der Waals surface area contributed by atoms with E-state index < -0.39 is 36.6 Å². The normalized spacial score (nSPS) is 21.9. The zero-order chi connectivity index (χ0) is 15.9. The molecule has 0 fully saturated rings. The highest BCUT2D eigenvalue weighted by molar-refractivity contribution is 5.98. The summed E-state index contributed by atoms with van der Waals surface area (Å²) in [4.78, 5) is 0. The van der Waals surface area contributed by atoms with Crippen LogP contribution in [0, 0.1) is 5.89 Å². The first-order chi connectivity index (χ1) is 8.02. The van der Waals surface area contributed by atoms with E-state index in [1.54, 1.807) is 0 Å². The van der Waals surface area contributed by atoms with Crippen molar-refractivity contribution < 1.29 is 35.1 Å². The van der Waals surface area contributed by atoms with Gasteiger partial charge in [0.15, 0.2) is 0 Å². The first kappa shape index (κ1) is 10.7. The van der Waals surface area contributed by atoms with Gasteiger partial charge in [0.2, 0.25) is 5.60 Å². The predicted octanol–water partition coefficient (Wildman–Crippen LogP) is 3.39.